The van der Waals surface area contributed by atoms with Gasteiger partial charge in [-0.3, -0.25) is 4.79 Å². The molecule has 98 valence electrons. The topological polar surface area (TPSA) is 62.5 Å². The molecule has 0 aliphatic heterocycles. The monoisotopic (exact) mass is 257 g/mol. The van der Waals surface area contributed by atoms with Crippen molar-refractivity contribution < 1.29 is 14.3 Å². The number of hydrogen-bond acceptors (Lipinski definition) is 3. The predicted octanol–water partition coefficient (Wildman–Crippen LogP) is 2.14. The Hall–Kier alpha value is -2.33. The van der Waals surface area contributed by atoms with Crippen molar-refractivity contribution in [3.8, 4) is 0 Å². The first kappa shape index (κ1) is 13.1. The van der Waals surface area contributed by atoms with Gasteiger partial charge in [-0.25, -0.2) is 0 Å². The molecule has 1 atom stereocenters. The average Bonchev–Trinajstić information content (AvgIpc) is 2.98. The van der Waals surface area contributed by atoms with Gasteiger partial charge in [0.05, 0.1) is 18.6 Å². The average molecular weight is 257 g/mol. The molecule has 1 aromatic carbocycles. The van der Waals surface area contributed by atoms with E-state index in [-0.39, 0.29) is 12.5 Å². The van der Waals surface area contributed by atoms with Crippen LogP contribution in [-0.4, -0.2) is 17.6 Å². The van der Waals surface area contributed by atoms with Gasteiger partial charge in [0.1, 0.15) is 0 Å². The highest BCUT2D eigenvalue weighted by Gasteiger charge is 2.09. The van der Waals surface area contributed by atoms with E-state index in [9.17, 15) is 9.90 Å². The molecular formula is C15H15NO3. The van der Waals surface area contributed by atoms with E-state index in [1.54, 1.807) is 12.1 Å². The zero-order valence-electron chi connectivity index (χ0n) is 10.3. The van der Waals surface area contributed by atoms with Gasteiger partial charge in [-0.15, -0.1) is 0 Å². The van der Waals surface area contributed by atoms with Crippen LogP contribution in [0.4, 0.5) is 0 Å². The zero-order valence-corrected chi connectivity index (χ0v) is 10.3. The lowest BCUT2D eigenvalue weighted by molar-refractivity contribution is -0.116. The van der Waals surface area contributed by atoms with Gasteiger partial charge in [0, 0.05) is 18.2 Å². The Balaban J connectivity index is 1.80. The fourth-order valence-electron chi connectivity index (χ4n) is 1.57. The highest BCUT2D eigenvalue weighted by molar-refractivity contribution is 5.91. The van der Waals surface area contributed by atoms with E-state index in [2.05, 4.69) is 5.32 Å². The molecule has 2 rings (SSSR count). The molecule has 4 nitrogen and oxygen atoms in total. The first-order chi connectivity index (χ1) is 9.25. The highest BCUT2D eigenvalue weighted by atomic mass is 16.3. The number of carbonyl (C=O) groups excluding carboxylic acids is 1. The summed E-state index contributed by atoms with van der Waals surface area (Å²) < 4.78 is 4.86. The summed E-state index contributed by atoms with van der Waals surface area (Å²) in [5.74, 6) is -0.244. The maximum absolute atomic E-state index is 11.6. The van der Waals surface area contributed by atoms with E-state index >= 15 is 0 Å². The third-order valence-electron chi connectivity index (χ3n) is 2.62. The normalized spacial score (nSPS) is 12.5. The molecule has 1 aromatic heterocycles. The molecule has 2 aromatic rings. The number of benzene rings is 1. The van der Waals surface area contributed by atoms with E-state index in [1.165, 1.54) is 18.6 Å². The SMILES string of the molecule is O=C(/C=C/c1ccccc1)NCC(O)c1ccoc1. The number of aliphatic hydroxyl groups is 1. The van der Waals surface area contributed by atoms with Crippen molar-refractivity contribution >= 4 is 12.0 Å². The van der Waals surface area contributed by atoms with Crippen LogP contribution in [0.15, 0.2) is 59.4 Å². The Morgan fingerprint density at radius 1 is 1.32 bits per heavy atom. The fraction of sp³-hybridized carbons (Fsp3) is 0.133. The smallest absolute Gasteiger partial charge is 0.244 e. The largest absolute Gasteiger partial charge is 0.472 e. The van der Waals surface area contributed by atoms with Gasteiger partial charge in [-0.05, 0) is 17.7 Å². The van der Waals surface area contributed by atoms with Crippen LogP contribution in [-0.2, 0) is 4.79 Å². The molecule has 0 bridgehead atoms. The molecule has 0 saturated heterocycles. The lowest BCUT2D eigenvalue weighted by Crippen LogP contribution is -2.26. The lowest BCUT2D eigenvalue weighted by Gasteiger charge is -2.08. The Morgan fingerprint density at radius 3 is 2.79 bits per heavy atom. The minimum absolute atomic E-state index is 0.150. The van der Waals surface area contributed by atoms with Crippen LogP contribution in [0, 0.1) is 0 Å². The number of furan rings is 1. The van der Waals surface area contributed by atoms with Gasteiger partial charge in [-0.2, -0.15) is 0 Å². The Bertz CT molecular complexity index is 532. The van der Waals surface area contributed by atoms with Crippen LogP contribution in [0.25, 0.3) is 6.08 Å². The van der Waals surface area contributed by atoms with Gasteiger partial charge >= 0.3 is 0 Å². The third-order valence-corrected chi connectivity index (χ3v) is 2.62. The second-order valence-corrected chi connectivity index (χ2v) is 4.06. The van der Waals surface area contributed by atoms with Crippen molar-refractivity contribution in [3.63, 3.8) is 0 Å². The van der Waals surface area contributed by atoms with Gasteiger partial charge in [0.25, 0.3) is 0 Å². The van der Waals surface area contributed by atoms with Crippen LogP contribution < -0.4 is 5.32 Å². The number of rotatable bonds is 5. The summed E-state index contributed by atoms with van der Waals surface area (Å²) in [6.45, 7) is 0.150. The van der Waals surface area contributed by atoms with Crippen molar-refractivity contribution in [2.24, 2.45) is 0 Å². The summed E-state index contributed by atoms with van der Waals surface area (Å²) in [6.07, 6.45) is 5.34. The molecule has 0 aliphatic carbocycles. The zero-order chi connectivity index (χ0) is 13.5. The first-order valence-corrected chi connectivity index (χ1v) is 5.97. The quantitative estimate of drug-likeness (QED) is 0.807. The van der Waals surface area contributed by atoms with Crippen LogP contribution in [0.1, 0.15) is 17.2 Å². The van der Waals surface area contributed by atoms with Crippen LogP contribution in [0.3, 0.4) is 0 Å². The standard InChI is InChI=1S/C15H15NO3/c17-14(13-8-9-19-11-13)10-16-15(18)7-6-12-4-2-1-3-5-12/h1-9,11,14,17H,10H2,(H,16,18)/b7-6+. The summed E-state index contributed by atoms with van der Waals surface area (Å²) in [6, 6.07) is 11.2. The van der Waals surface area contributed by atoms with E-state index in [0.29, 0.717) is 5.56 Å². The molecule has 0 saturated carbocycles. The fourth-order valence-corrected chi connectivity index (χ4v) is 1.57. The molecule has 0 fully saturated rings. The number of amides is 1. The molecule has 1 heterocycles. The summed E-state index contributed by atoms with van der Waals surface area (Å²) in [5, 5.41) is 12.4. The number of carbonyl (C=O) groups is 1. The Labute approximate surface area is 111 Å². The number of nitrogens with one attached hydrogen (secondary N) is 1. The summed E-state index contributed by atoms with van der Waals surface area (Å²) in [5.41, 5.74) is 1.60. The Morgan fingerprint density at radius 2 is 2.11 bits per heavy atom. The van der Waals surface area contributed by atoms with Crippen LogP contribution in [0.5, 0.6) is 0 Å². The van der Waals surface area contributed by atoms with Gasteiger partial charge in [-0.1, -0.05) is 30.3 Å². The van der Waals surface area contributed by atoms with E-state index in [0.717, 1.165) is 5.56 Å². The van der Waals surface area contributed by atoms with Crippen molar-refractivity contribution in [2.75, 3.05) is 6.54 Å². The molecule has 0 spiro atoms. The van der Waals surface area contributed by atoms with Gasteiger partial charge in [0.15, 0.2) is 0 Å². The molecule has 1 amide bonds. The minimum atomic E-state index is -0.757. The maximum atomic E-state index is 11.6. The van der Waals surface area contributed by atoms with E-state index in [4.69, 9.17) is 4.42 Å². The second kappa shape index (κ2) is 6.56. The predicted molar refractivity (Wildman–Crippen MR) is 72.2 cm³/mol. The van der Waals surface area contributed by atoms with E-state index in [1.807, 2.05) is 30.3 Å². The van der Waals surface area contributed by atoms with Crippen molar-refractivity contribution in [1.82, 2.24) is 5.32 Å². The summed E-state index contributed by atoms with van der Waals surface area (Å²) in [7, 11) is 0. The summed E-state index contributed by atoms with van der Waals surface area (Å²) in [4.78, 5) is 11.6. The Kier molecular flexibility index (Phi) is 4.53. The van der Waals surface area contributed by atoms with Crippen LogP contribution >= 0.6 is 0 Å². The van der Waals surface area contributed by atoms with Crippen molar-refractivity contribution in [1.29, 1.82) is 0 Å². The van der Waals surface area contributed by atoms with Crippen molar-refractivity contribution in [3.05, 3.63) is 66.1 Å². The third kappa shape index (κ3) is 4.12. The second-order valence-electron chi connectivity index (χ2n) is 4.06. The maximum Gasteiger partial charge on any atom is 0.244 e. The minimum Gasteiger partial charge on any atom is -0.472 e. The van der Waals surface area contributed by atoms with Gasteiger partial charge in [0.2, 0.25) is 5.91 Å². The summed E-state index contributed by atoms with van der Waals surface area (Å²) >= 11 is 0. The molecule has 19 heavy (non-hydrogen) atoms. The number of hydrogen-bond donors (Lipinski definition) is 2. The van der Waals surface area contributed by atoms with Gasteiger partial charge < -0.3 is 14.8 Å². The van der Waals surface area contributed by atoms with E-state index < -0.39 is 6.10 Å². The number of aliphatic hydroxyl groups excluding tert-OH is 1. The first-order valence-electron chi connectivity index (χ1n) is 5.97. The highest BCUT2D eigenvalue weighted by Crippen LogP contribution is 2.11. The van der Waals surface area contributed by atoms with Crippen LogP contribution in [0.2, 0.25) is 0 Å². The molecule has 4 heteroatoms. The molecule has 0 radical (unpaired) electrons. The molecular weight excluding hydrogens is 242 g/mol. The lowest BCUT2D eigenvalue weighted by atomic mass is 10.2. The molecule has 0 aliphatic rings. The molecule has 1 unspecified atom stereocenters. The van der Waals surface area contributed by atoms with Crippen molar-refractivity contribution in [2.45, 2.75) is 6.10 Å². The molecule has 2 N–H and O–H groups in total.